The van der Waals surface area contributed by atoms with Crippen molar-refractivity contribution in [2.24, 2.45) is 0 Å². The van der Waals surface area contributed by atoms with Crippen molar-refractivity contribution in [1.29, 1.82) is 5.26 Å². The second-order valence-electron chi connectivity index (χ2n) is 6.22. The van der Waals surface area contributed by atoms with E-state index in [0.717, 1.165) is 32.8 Å². The molecule has 0 aromatic carbocycles. The molecule has 29 heavy (non-hydrogen) atoms. The number of ether oxygens (including phenoxy) is 3. The molecule has 0 aliphatic carbocycles. The van der Waals surface area contributed by atoms with E-state index in [4.69, 9.17) is 37.4 Å². The van der Waals surface area contributed by atoms with Crippen LogP contribution < -0.4 is 9.47 Å². The first-order valence-electron chi connectivity index (χ1n) is 9.00. The molecule has 3 rings (SSSR count). The van der Waals surface area contributed by atoms with Crippen molar-refractivity contribution < 1.29 is 14.2 Å². The Morgan fingerprint density at radius 1 is 1.28 bits per heavy atom. The summed E-state index contributed by atoms with van der Waals surface area (Å²) in [5.41, 5.74) is 1.43. The molecular formula is C20H20Cl2N4O3. The number of nitriles is 1. The van der Waals surface area contributed by atoms with Crippen LogP contribution in [0.3, 0.4) is 0 Å². The summed E-state index contributed by atoms with van der Waals surface area (Å²) in [5.74, 6) is 0.819. The van der Waals surface area contributed by atoms with E-state index in [1.807, 2.05) is 0 Å². The fraction of sp³-hybridized carbons (Fsp3) is 0.350. The Hall–Kier alpha value is -2.37. The summed E-state index contributed by atoms with van der Waals surface area (Å²) < 4.78 is 16.5. The number of hydrogen-bond donors (Lipinski definition) is 0. The zero-order chi connectivity index (χ0) is 20.6. The van der Waals surface area contributed by atoms with Crippen LogP contribution in [0.2, 0.25) is 10.0 Å². The fourth-order valence-corrected chi connectivity index (χ4v) is 3.30. The van der Waals surface area contributed by atoms with Crippen molar-refractivity contribution in [3.63, 3.8) is 0 Å². The van der Waals surface area contributed by atoms with Crippen LogP contribution in [0.25, 0.3) is 11.6 Å². The van der Waals surface area contributed by atoms with Gasteiger partial charge in [-0.15, -0.1) is 0 Å². The van der Waals surface area contributed by atoms with E-state index in [-0.39, 0.29) is 0 Å². The lowest BCUT2D eigenvalue weighted by Crippen LogP contribution is -2.38. The van der Waals surface area contributed by atoms with Gasteiger partial charge < -0.3 is 14.2 Å². The van der Waals surface area contributed by atoms with E-state index in [1.54, 1.807) is 18.3 Å². The first-order chi connectivity index (χ1) is 14.1. The highest BCUT2D eigenvalue weighted by molar-refractivity contribution is 6.37. The molecular weight excluding hydrogens is 415 g/mol. The molecule has 0 saturated carbocycles. The number of halogens is 2. The van der Waals surface area contributed by atoms with Crippen molar-refractivity contribution >= 4 is 34.9 Å². The minimum atomic E-state index is 0.341. The predicted octanol–water partition coefficient (Wildman–Crippen LogP) is 3.57. The van der Waals surface area contributed by atoms with Gasteiger partial charge in [0.05, 0.1) is 42.0 Å². The molecule has 1 aliphatic heterocycles. The summed E-state index contributed by atoms with van der Waals surface area (Å²) in [6.07, 6.45) is 6.10. The summed E-state index contributed by atoms with van der Waals surface area (Å²) in [6, 6.07) is 3.88. The molecule has 1 saturated heterocycles. The lowest BCUT2D eigenvalue weighted by Gasteiger charge is -2.26. The molecule has 0 bridgehead atoms. The molecule has 3 heterocycles. The average molecular weight is 435 g/mol. The largest absolute Gasteiger partial charge is 0.487 e. The molecule has 152 valence electrons. The van der Waals surface area contributed by atoms with Crippen LogP contribution in [0, 0.1) is 11.3 Å². The van der Waals surface area contributed by atoms with Gasteiger partial charge in [-0.05, 0) is 12.1 Å². The van der Waals surface area contributed by atoms with Crippen LogP contribution in [0.15, 0.2) is 24.7 Å². The highest BCUT2D eigenvalue weighted by atomic mass is 35.5. The number of rotatable bonds is 7. The molecule has 0 radical (unpaired) electrons. The Balaban J connectivity index is 1.80. The number of nitrogens with zero attached hydrogens (tertiary/aromatic N) is 4. The number of hydrogen-bond acceptors (Lipinski definition) is 7. The third kappa shape index (κ3) is 5.58. The smallest absolute Gasteiger partial charge is 0.256 e. The highest BCUT2D eigenvalue weighted by Crippen LogP contribution is 2.31. The summed E-state index contributed by atoms with van der Waals surface area (Å²) in [7, 11) is 1.52. The van der Waals surface area contributed by atoms with Gasteiger partial charge in [0.15, 0.2) is 5.75 Å². The van der Waals surface area contributed by atoms with Crippen LogP contribution in [-0.4, -0.2) is 61.4 Å². The number of aromatic nitrogens is 2. The SMILES string of the molecule is COc1ncc(/C(C#N)=C/c2c(Cl)cncc2Cl)cc1OCCN1CCOCC1. The molecule has 0 atom stereocenters. The monoisotopic (exact) mass is 434 g/mol. The molecule has 1 aliphatic rings. The molecule has 7 nitrogen and oxygen atoms in total. The number of morpholine rings is 1. The number of pyridine rings is 2. The van der Waals surface area contributed by atoms with E-state index in [9.17, 15) is 5.26 Å². The van der Waals surface area contributed by atoms with Gasteiger partial charge in [-0.1, -0.05) is 23.2 Å². The van der Waals surface area contributed by atoms with Gasteiger partial charge in [0.1, 0.15) is 6.61 Å². The van der Waals surface area contributed by atoms with E-state index in [1.165, 1.54) is 19.5 Å². The Morgan fingerprint density at radius 3 is 2.66 bits per heavy atom. The fourth-order valence-electron chi connectivity index (χ4n) is 2.83. The second kappa shape index (κ2) is 10.4. The molecule has 0 N–H and O–H groups in total. The summed E-state index contributed by atoms with van der Waals surface area (Å²) in [5, 5.41) is 10.4. The highest BCUT2D eigenvalue weighted by Gasteiger charge is 2.14. The van der Waals surface area contributed by atoms with Crippen LogP contribution in [0.1, 0.15) is 11.1 Å². The molecule has 1 fully saturated rings. The Labute approximate surface area is 179 Å². The van der Waals surface area contributed by atoms with Gasteiger partial charge in [0, 0.05) is 49.4 Å². The van der Waals surface area contributed by atoms with Crippen molar-refractivity contribution in [3.8, 4) is 17.7 Å². The Bertz CT molecular complexity index is 904. The molecule has 9 heteroatoms. The van der Waals surface area contributed by atoms with Gasteiger partial charge >= 0.3 is 0 Å². The number of allylic oxidation sites excluding steroid dienone is 1. The predicted molar refractivity (Wildman–Crippen MR) is 111 cm³/mol. The molecule has 2 aromatic heterocycles. The van der Waals surface area contributed by atoms with Gasteiger partial charge in [0.2, 0.25) is 0 Å². The van der Waals surface area contributed by atoms with Gasteiger partial charge in [0.25, 0.3) is 5.88 Å². The standard InChI is InChI=1S/C20H20Cl2N4O3/c1-27-20-19(29-7-4-26-2-5-28-6-3-26)9-15(11-25-20)14(10-23)8-16-17(21)12-24-13-18(16)22/h8-9,11-13H,2-7H2,1H3/b14-8+. The zero-order valence-corrected chi connectivity index (χ0v) is 17.4. The minimum Gasteiger partial charge on any atom is -0.487 e. The molecule has 2 aromatic rings. The Morgan fingerprint density at radius 2 is 2.00 bits per heavy atom. The van der Waals surface area contributed by atoms with E-state index in [0.29, 0.717) is 45.0 Å². The maximum Gasteiger partial charge on any atom is 0.256 e. The van der Waals surface area contributed by atoms with Gasteiger partial charge in [-0.25, -0.2) is 4.98 Å². The summed E-state index contributed by atoms with van der Waals surface area (Å²) in [6.45, 7) is 4.46. The summed E-state index contributed by atoms with van der Waals surface area (Å²) in [4.78, 5) is 10.5. The third-order valence-corrected chi connectivity index (χ3v) is 4.99. The van der Waals surface area contributed by atoms with E-state index in [2.05, 4.69) is 20.9 Å². The first-order valence-corrected chi connectivity index (χ1v) is 9.76. The molecule has 0 amide bonds. The number of methoxy groups -OCH3 is 1. The van der Waals surface area contributed by atoms with Crippen LogP contribution in [-0.2, 0) is 4.74 Å². The minimum absolute atomic E-state index is 0.341. The maximum atomic E-state index is 9.65. The second-order valence-corrected chi connectivity index (χ2v) is 7.03. The van der Waals surface area contributed by atoms with Crippen molar-refractivity contribution in [1.82, 2.24) is 14.9 Å². The molecule has 0 unspecified atom stereocenters. The zero-order valence-electron chi connectivity index (χ0n) is 15.9. The lowest BCUT2D eigenvalue weighted by molar-refractivity contribution is 0.0320. The maximum absolute atomic E-state index is 9.65. The van der Waals surface area contributed by atoms with Gasteiger partial charge in [-0.3, -0.25) is 9.88 Å². The Kier molecular flexibility index (Phi) is 7.67. The van der Waals surface area contributed by atoms with Crippen LogP contribution >= 0.6 is 23.2 Å². The van der Waals surface area contributed by atoms with Crippen molar-refractivity contribution in [2.75, 3.05) is 46.6 Å². The normalized spacial score (nSPS) is 15.0. The van der Waals surface area contributed by atoms with E-state index < -0.39 is 0 Å². The lowest BCUT2D eigenvalue weighted by atomic mass is 10.1. The van der Waals surface area contributed by atoms with Crippen molar-refractivity contribution in [2.45, 2.75) is 0 Å². The van der Waals surface area contributed by atoms with Crippen LogP contribution in [0.5, 0.6) is 11.6 Å². The average Bonchev–Trinajstić information content (AvgIpc) is 2.74. The first kappa shape index (κ1) is 21.3. The summed E-state index contributed by atoms with van der Waals surface area (Å²) >= 11 is 12.3. The third-order valence-electron chi connectivity index (χ3n) is 4.39. The quantitative estimate of drug-likeness (QED) is 0.615. The van der Waals surface area contributed by atoms with Crippen LogP contribution in [0.4, 0.5) is 0 Å². The molecule has 0 spiro atoms. The van der Waals surface area contributed by atoms with Crippen molar-refractivity contribution in [3.05, 3.63) is 45.8 Å². The topological polar surface area (TPSA) is 80.5 Å². The van der Waals surface area contributed by atoms with E-state index >= 15 is 0 Å². The van der Waals surface area contributed by atoms with Gasteiger partial charge in [-0.2, -0.15) is 5.26 Å².